The lowest BCUT2D eigenvalue weighted by Crippen LogP contribution is -2.01. The third kappa shape index (κ3) is 1.75. The molecule has 1 aromatic carbocycles. The molecule has 5 nitrogen and oxygen atoms in total. The second-order valence-corrected chi connectivity index (χ2v) is 3.95. The maximum atomic E-state index is 5.85. The van der Waals surface area contributed by atoms with Gasteiger partial charge in [-0.2, -0.15) is 0 Å². The fraction of sp³-hybridized carbons (Fsp3) is 0.0769. The average Bonchev–Trinajstić information content (AvgIpc) is 2.39. The molecule has 5 heteroatoms. The Balaban J connectivity index is 2.23. The van der Waals surface area contributed by atoms with Crippen molar-refractivity contribution in [2.75, 3.05) is 5.73 Å². The minimum absolute atomic E-state index is 0.364. The highest BCUT2D eigenvalue weighted by Gasteiger charge is 2.07. The minimum Gasteiger partial charge on any atom is -0.382 e. The van der Waals surface area contributed by atoms with Crippen LogP contribution in [0.3, 0.4) is 0 Å². The Bertz CT molecular complexity index is 709. The van der Waals surface area contributed by atoms with Gasteiger partial charge in [-0.1, -0.05) is 30.3 Å². The van der Waals surface area contributed by atoms with Crippen LogP contribution in [0.5, 0.6) is 0 Å². The van der Waals surface area contributed by atoms with Crippen LogP contribution in [0.25, 0.3) is 22.4 Å². The molecule has 0 saturated carbocycles. The van der Waals surface area contributed by atoms with E-state index >= 15 is 0 Å². The highest BCUT2D eigenvalue weighted by Crippen LogP contribution is 2.20. The molecule has 0 radical (unpaired) electrons. The zero-order valence-electron chi connectivity index (χ0n) is 9.83. The van der Waals surface area contributed by atoms with Crippen molar-refractivity contribution in [1.82, 2.24) is 19.9 Å². The number of rotatable bonds is 1. The van der Waals surface area contributed by atoms with Gasteiger partial charge in [0.05, 0.1) is 11.9 Å². The summed E-state index contributed by atoms with van der Waals surface area (Å²) in [6.07, 6.45) is 1.70. The number of hydrogen-bond acceptors (Lipinski definition) is 5. The van der Waals surface area contributed by atoms with Gasteiger partial charge in [-0.15, -0.1) is 0 Å². The van der Waals surface area contributed by atoms with Crippen LogP contribution in [0.2, 0.25) is 0 Å². The molecule has 0 spiro atoms. The summed E-state index contributed by atoms with van der Waals surface area (Å²) in [6, 6.07) is 9.81. The number of nitrogens with two attached hydrogens (primary N) is 1. The molecule has 88 valence electrons. The molecule has 0 aliphatic rings. The molecule has 3 aromatic rings. The summed E-state index contributed by atoms with van der Waals surface area (Å²) < 4.78 is 0. The summed E-state index contributed by atoms with van der Waals surface area (Å²) in [7, 11) is 0. The Labute approximate surface area is 104 Å². The van der Waals surface area contributed by atoms with Crippen LogP contribution in [0.1, 0.15) is 5.82 Å². The topological polar surface area (TPSA) is 77.6 Å². The predicted molar refractivity (Wildman–Crippen MR) is 69.7 cm³/mol. The van der Waals surface area contributed by atoms with Gasteiger partial charge in [0.25, 0.3) is 0 Å². The SMILES string of the molecule is Cc1nc(N)c2nc(-c3ccccc3)cnc2n1. The monoisotopic (exact) mass is 237 g/mol. The molecule has 2 aromatic heterocycles. The highest BCUT2D eigenvalue weighted by molar-refractivity contribution is 5.82. The quantitative estimate of drug-likeness (QED) is 0.700. The van der Waals surface area contributed by atoms with Crippen LogP contribution < -0.4 is 5.73 Å². The van der Waals surface area contributed by atoms with Crippen molar-refractivity contribution in [3.63, 3.8) is 0 Å². The first kappa shape index (κ1) is 10.6. The fourth-order valence-electron chi connectivity index (χ4n) is 1.79. The summed E-state index contributed by atoms with van der Waals surface area (Å²) in [6.45, 7) is 1.78. The van der Waals surface area contributed by atoms with E-state index in [9.17, 15) is 0 Å². The molecule has 0 bridgehead atoms. The van der Waals surface area contributed by atoms with Crippen molar-refractivity contribution < 1.29 is 0 Å². The zero-order chi connectivity index (χ0) is 12.5. The molecule has 0 aliphatic heterocycles. The first-order valence-electron chi connectivity index (χ1n) is 5.56. The van der Waals surface area contributed by atoms with Gasteiger partial charge >= 0.3 is 0 Å². The molecule has 0 saturated heterocycles. The molecule has 0 atom stereocenters. The van der Waals surface area contributed by atoms with E-state index in [1.807, 2.05) is 30.3 Å². The maximum absolute atomic E-state index is 5.85. The van der Waals surface area contributed by atoms with Crippen LogP contribution in [0.15, 0.2) is 36.5 Å². The minimum atomic E-state index is 0.364. The van der Waals surface area contributed by atoms with E-state index in [-0.39, 0.29) is 0 Å². The lowest BCUT2D eigenvalue weighted by molar-refractivity contribution is 1.07. The predicted octanol–water partition coefficient (Wildman–Crippen LogP) is 1.98. The fourth-order valence-corrected chi connectivity index (χ4v) is 1.79. The lowest BCUT2D eigenvalue weighted by atomic mass is 10.2. The Hall–Kier alpha value is -2.56. The average molecular weight is 237 g/mol. The van der Waals surface area contributed by atoms with Crippen LogP contribution in [-0.4, -0.2) is 19.9 Å². The Morgan fingerprint density at radius 3 is 2.56 bits per heavy atom. The summed E-state index contributed by atoms with van der Waals surface area (Å²) in [4.78, 5) is 17.1. The van der Waals surface area contributed by atoms with Gasteiger partial charge in [-0.3, -0.25) is 0 Å². The van der Waals surface area contributed by atoms with E-state index in [4.69, 9.17) is 5.73 Å². The molecule has 0 aliphatic carbocycles. The maximum Gasteiger partial charge on any atom is 0.183 e. The number of anilines is 1. The standard InChI is InChI=1S/C13H11N5/c1-8-16-12(14)11-13(17-8)15-7-10(18-11)9-5-3-2-4-6-9/h2-7H,1H3,(H2,14,15,16,17). The largest absolute Gasteiger partial charge is 0.382 e. The van der Waals surface area contributed by atoms with Gasteiger partial charge in [0.15, 0.2) is 17.0 Å². The lowest BCUT2D eigenvalue weighted by Gasteiger charge is -2.04. The smallest absolute Gasteiger partial charge is 0.183 e. The summed E-state index contributed by atoms with van der Waals surface area (Å²) in [5.41, 5.74) is 8.68. The number of aryl methyl sites for hydroxylation is 1. The third-order valence-electron chi connectivity index (χ3n) is 2.62. The summed E-state index contributed by atoms with van der Waals surface area (Å²) in [5, 5.41) is 0. The number of aromatic nitrogens is 4. The van der Waals surface area contributed by atoms with E-state index in [1.54, 1.807) is 13.1 Å². The van der Waals surface area contributed by atoms with Crippen molar-refractivity contribution in [2.45, 2.75) is 6.92 Å². The van der Waals surface area contributed by atoms with E-state index in [1.165, 1.54) is 0 Å². The molecule has 2 heterocycles. The first-order valence-corrected chi connectivity index (χ1v) is 5.56. The third-order valence-corrected chi connectivity index (χ3v) is 2.62. The molecule has 18 heavy (non-hydrogen) atoms. The summed E-state index contributed by atoms with van der Waals surface area (Å²) >= 11 is 0. The van der Waals surface area contributed by atoms with E-state index < -0.39 is 0 Å². The second kappa shape index (κ2) is 4.03. The van der Waals surface area contributed by atoms with Crippen molar-refractivity contribution in [2.24, 2.45) is 0 Å². The molecule has 0 amide bonds. The number of hydrogen-bond donors (Lipinski definition) is 1. The van der Waals surface area contributed by atoms with Gasteiger partial charge < -0.3 is 5.73 Å². The van der Waals surface area contributed by atoms with E-state index in [0.29, 0.717) is 22.8 Å². The number of nitrogen functional groups attached to an aromatic ring is 1. The summed E-state index contributed by atoms with van der Waals surface area (Å²) in [5.74, 6) is 0.963. The molecular formula is C13H11N5. The number of fused-ring (bicyclic) bond motifs is 1. The second-order valence-electron chi connectivity index (χ2n) is 3.95. The van der Waals surface area contributed by atoms with Crippen molar-refractivity contribution in [1.29, 1.82) is 0 Å². The highest BCUT2D eigenvalue weighted by atomic mass is 15.0. The van der Waals surface area contributed by atoms with E-state index in [2.05, 4.69) is 19.9 Å². The van der Waals surface area contributed by atoms with Gasteiger partial charge in [0.2, 0.25) is 0 Å². The van der Waals surface area contributed by atoms with Crippen LogP contribution in [0, 0.1) is 6.92 Å². The Kier molecular flexibility index (Phi) is 2.37. The number of nitrogens with zero attached hydrogens (tertiary/aromatic N) is 4. The normalized spacial score (nSPS) is 10.7. The molecule has 2 N–H and O–H groups in total. The van der Waals surface area contributed by atoms with Crippen molar-refractivity contribution in [3.8, 4) is 11.3 Å². The molecule has 0 unspecified atom stereocenters. The molecule has 3 rings (SSSR count). The first-order chi connectivity index (χ1) is 8.74. The van der Waals surface area contributed by atoms with Gasteiger partial charge in [-0.25, -0.2) is 19.9 Å². The van der Waals surface area contributed by atoms with Crippen LogP contribution in [-0.2, 0) is 0 Å². The van der Waals surface area contributed by atoms with Gasteiger partial charge in [0, 0.05) is 5.56 Å². The van der Waals surface area contributed by atoms with Gasteiger partial charge in [0.1, 0.15) is 5.82 Å². The van der Waals surface area contributed by atoms with Gasteiger partial charge in [-0.05, 0) is 6.92 Å². The van der Waals surface area contributed by atoms with Crippen molar-refractivity contribution in [3.05, 3.63) is 42.4 Å². The van der Waals surface area contributed by atoms with E-state index in [0.717, 1.165) is 11.3 Å². The molecular weight excluding hydrogens is 226 g/mol. The Morgan fingerprint density at radius 1 is 1.00 bits per heavy atom. The van der Waals surface area contributed by atoms with Crippen LogP contribution in [0.4, 0.5) is 5.82 Å². The van der Waals surface area contributed by atoms with Crippen molar-refractivity contribution >= 4 is 17.0 Å². The zero-order valence-corrected chi connectivity index (χ0v) is 9.83. The van der Waals surface area contributed by atoms with Crippen LogP contribution >= 0.6 is 0 Å². The number of benzene rings is 1. The Morgan fingerprint density at radius 2 is 1.78 bits per heavy atom. The molecule has 0 fully saturated rings.